The van der Waals surface area contributed by atoms with Crippen LogP contribution < -0.4 is 5.32 Å². The maximum absolute atomic E-state index is 11.8. The van der Waals surface area contributed by atoms with E-state index in [0.717, 1.165) is 31.5 Å². The summed E-state index contributed by atoms with van der Waals surface area (Å²) in [5, 5.41) is 2.89. The Morgan fingerprint density at radius 3 is 2.52 bits per heavy atom. The molecule has 1 fully saturated rings. The molecule has 1 aliphatic rings. The molecule has 0 spiro atoms. The largest absolute Gasteiger partial charge is 0.447 e. The number of nitrogens with one attached hydrogen (secondary N) is 1. The van der Waals surface area contributed by atoms with Crippen LogP contribution in [0.5, 0.6) is 0 Å². The maximum atomic E-state index is 11.8. The highest BCUT2D eigenvalue weighted by Gasteiger charge is 2.25. The number of alkyl carbamates (subject to hydrolysis) is 1. The van der Waals surface area contributed by atoms with Gasteiger partial charge in [0.2, 0.25) is 0 Å². The molecular weight excluding hydrogens is 296 g/mol. The summed E-state index contributed by atoms with van der Waals surface area (Å²) >= 11 is 0. The van der Waals surface area contributed by atoms with Gasteiger partial charge in [0.1, 0.15) is 6.61 Å². The zero-order valence-electron chi connectivity index (χ0n) is 13.7. The summed E-state index contributed by atoms with van der Waals surface area (Å²) in [6, 6.07) is 9.69. The quantitative estimate of drug-likeness (QED) is 0.843. The Kier molecular flexibility index (Phi) is 6.40. The third-order valence-electron chi connectivity index (χ3n) is 3.92. The Bertz CT molecular complexity index is 513. The van der Waals surface area contributed by atoms with Crippen molar-refractivity contribution in [3.63, 3.8) is 0 Å². The molecule has 1 aliphatic heterocycles. The van der Waals surface area contributed by atoms with E-state index in [1.165, 1.54) is 6.92 Å². The van der Waals surface area contributed by atoms with Gasteiger partial charge in [-0.15, -0.1) is 0 Å². The molecule has 1 N–H and O–H groups in total. The molecular formula is C17H24N2O4. The molecule has 6 nitrogen and oxygen atoms in total. The molecule has 1 saturated heterocycles. The van der Waals surface area contributed by atoms with Crippen LogP contribution >= 0.6 is 0 Å². The number of carbonyl (C=O) groups excluding carboxylic acids is 2. The number of esters is 1. The van der Waals surface area contributed by atoms with Gasteiger partial charge in [-0.2, -0.15) is 0 Å². The average Bonchev–Trinajstić information content (AvgIpc) is 2.54. The summed E-state index contributed by atoms with van der Waals surface area (Å²) in [7, 11) is 0. The van der Waals surface area contributed by atoms with Crippen molar-refractivity contribution in [2.24, 2.45) is 0 Å². The third kappa shape index (κ3) is 5.90. The van der Waals surface area contributed by atoms with E-state index in [0.29, 0.717) is 0 Å². The van der Waals surface area contributed by atoms with Crippen molar-refractivity contribution >= 4 is 12.1 Å². The van der Waals surface area contributed by atoms with E-state index in [1.807, 2.05) is 37.3 Å². The number of hydrogen-bond donors (Lipinski definition) is 1. The van der Waals surface area contributed by atoms with Gasteiger partial charge in [0, 0.05) is 26.1 Å². The van der Waals surface area contributed by atoms with E-state index >= 15 is 0 Å². The summed E-state index contributed by atoms with van der Waals surface area (Å²) in [4.78, 5) is 24.9. The van der Waals surface area contributed by atoms with Crippen LogP contribution in [0.25, 0.3) is 0 Å². The van der Waals surface area contributed by atoms with Crippen molar-refractivity contribution in [3.8, 4) is 0 Å². The highest BCUT2D eigenvalue weighted by atomic mass is 16.6. The molecule has 1 heterocycles. The van der Waals surface area contributed by atoms with Crippen LogP contribution in [0, 0.1) is 0 Å². The fourth-order valence-electron chi connectivity index (χ4n) is 2.65. The van der Waals surface area contributed by atoms with E-state index in [-0.39, 0.29) is 30.9 Å². The maximum Gasteiger partial charge on any atom is 0.407 e. The standard InChI is InChI=1S/C17H24N2O4/c1-13(23-14(2)20)19-10-8-16(9-11-19)18-17(21)22-12-15-6-4-3-5-7-15/h3-7,13,16H,8-12H2,1-2H3,(H,18,21). The summed E-state index contributed by atoms with van der Waals surface area (Å²) < 4.78 is 10.4. The number of piperidine rings is 1. The number of carbonyl (C=O) groups is 2. The second-order valence-electron chi connectivity index (χ2n) is 5.73. The average molecular weight is 320 g/mol. The smallest absolute Gasteiger partial charge is 0.407 e. The summed E-state index contributed by atoms with van der Waals surface area (Å²) in [5.74, 6) is -0.276. The first-order chi connectivity index (χ1) is 11.0. The van der Waals surface area contributed by atoms with E-state index in [2.05, 4.69) is 10.2 Å². The lowest BCUT2D eigenvalue weighted by Gasteiger charge is -2.35. The first-order valence-electron chi connectivity index (χ1n) is 7.93. The number of nitrogens with zero attached hydrogens (tertiary/aromatic N) is 1. The number of rotatable bonds is 5. The van der Waals surface area contributed by atoms with Crippen molar-refractivity contribution in [2.45, 2.75) is 45.6 Å². The molecule has 23 heavy (non-hydrogen) atoms. The van der Waals surface area contributed by atoms with Gasteiger partial charge in [0.05, 0.1) is 0 Å². The van der Waals surface area contributed by atoms with Gasteiger partial charge in [0.15, 0.2) is 6.23 Å². The van der Waals surface area contributed by atoms with Crippen LogP contribution in [0.1, 0.15) is 32.3 Å². The number of ether oxygens (including phenoxy) is 2. The Hall–Kier alpha value is -2.08. The number of hydrogen-bond acceptors (Lipinski definition) is 5. The highest BCUT2D eigenvalue weighted by Crippen LogP contribution is 2.14. The van der Waals surface area contributed by atoms with Crippen LogP contribution in [-0.4, -0.2) is 42.3 Å². The molecule has 2 rings (SSSR count). The zero-order chi connectivity index (χ0) is 16.7. The minimum absolute atomic E-state index is 0.0963. The minimum atomic E-state index is -0.389. The Morgan fingerprint density at radius 1 is 1.26 bits per heavy atom. The molecule has 1 aromatic carbocycles. The number of benzene rings is 1. The van der Waals surface area contributed by atoms with Crippen molar-refractivity contribution in [1.82, 2.24) is 10.2 Å². The molecule has 6 heteroatoms. The predicted octanol–water partition coefficient (Wildman–Crippen LogP) is 2.29. The SMILES string of the molecule is CC(=O)OC(C)N1CCC(NC(=O)OCc2ccccc2)CC1. The molecule has 0 aromatic heterocycles. The summed E-state index contributed by atoms with van der Waals surface area (Å²) in [6.45, 7) is 5.10. The monoisotopic (exact) mass is 320 g/mol. The molecule has 0 saturated carbocycles. The van der Waals surface area contributed by atoms with Gasteiger partial charge < -0.3 is 14.8 Å². The Balaban J connectivity index is 1.67. The van der Waals surface area contributed by atoms with Gasteiger partial charge >= 0.3 is 12.1 Å². The first kappa shape index (κ1) is 17.3. The van der Waals surface area contributed by atoms with Crippen LogP contribution in [-0.2, 0) is 20.9 Å². The third-order valence-corrected chi connectivity index (χ3v) is 3.92. The zero-order valence-corrected chi connectivity index (χ0v) is 13.7. The Morgan fingerprint density at radius 2 is 1.91 bits per heavy atom. The lowest BCUT2D eigenvalue weighted by Crippen LogP contribution is -2.48. The second kappa shape index (κ2) is 8.53. The van der Waals surface area contributed by atoms with Gasteiger partial charge in [0.25, 0.3) is 0 Å². The number of likely N-dealkylation sites (tertiary alicyclic amines) is 1. The minimum Gasteiger partial charge on any atom is -0.447 e. The molecule has 1 unspecified atom stereocenters. The summed E-state index contributed by atoms with van der Waals surface area (Å²) in [5.41, 5.74) is 0.965. The van der Waals surface area contributed by atoms with Crippen LogP contribution in [0.2, 0.25) is 0 Å². The van der Waals surface area contributed by atoms with Crippen molar-refractivity contribution in [3.05, 3.63) is 35.9 Å². The second-order valence-corrected chi connectivity index (χ2v) is 5.73. The Labute approximate surface area is 136 Å². The molecule has 0 bridgehead atoms. The van der Waals surface area contributed by atoms with E-state index in [4.69, 9.17) is 9.47 Å². The molecule has 1 aromatic rings. The fraction of sp³-hybridized carbons (Fsp3) is 0.529. The van der Waals surface area contributed by atoms with E-state index in [1.54, 1.807) is 0 Å². The summed E-state index contributed by atoms with van der Waals surface area (Å²) in [6.07, 6.45) is 1.01. The van der Waals surface area contributed by atoms with Crippen molar-refractivity contribution < 1.29 is 19.1 Å². The van der Waals surface area contributed by atoms with E-state index < -0.39 is 0 Å². The molecule has 0 radical (unpaired) electrons. The van der Waals surface area contributed by atoms with Gasteiger partial charge in [-0.05, 0) is 25.3 Å². The van der Waals surface area contributed by atoms with E-state index in [9.17, 15) is 9.59 Å². The van der Waals surface area contributed by atoms with Gasteiger partial charge in [-0.1, -0.05) is 30.3 Å². The number of amides is 1. The molecule has 0 aliphatic carbocycles. The molecule has 126 valence electrons. The molecule has 1 amide bonds. The molecule has 1 atom stereocenters. The highest BCUT2D eigenvalue weighted by molar-refractivity contribution is 5.67. The van der Waals surface area contributed by atoms with Crippen LogP contribution in [0.3, 0.4) is 0 Å². The lowest BCUT2D eigenvalue weighted by molar-refractivity contribution is -0.155. The normalized spacial score (nSPS) is 17.3. The van der Waals surface area contributed by atoms with Crippen molar-refractivity contribution in [1.29, 1.82) is 0 Å². The lowest BCUT2D eigenvalue weighted by atomic mass is 10.1. The predicted molar refractivity (Wildman–Crippen MR) is 85.6 cm³/mol. The topological polar surface area (TPSA) is 67.9 Å². The van der Waals surface area contributed by atoms with Gasteiger partial charge in [-0.3, -0.25) is 9.69 Å². The van der Waals surface area contributed by atoms with Crippen LogP contribution in [0.4, 0.5) is 4.79 Å². The van der Waals surface area contributed by atoms with Gasteiger partial charge in [-0.25, -0.2) is 4.79 Å². The van der Waals surface area contributed by atoms with Crippen molar-refractivity contribution in [2.75, 3.05) is 13.1 Å². The van der Waals surface area contributed by atoms with Crippen LogP contribution in [0.15, 0.2) is 30.3 Å². The first-order valence-corrected chi connectivity index (χ1v) is 7.93. The fourth-order valence-corrected chi connectivity index (χ4v) is 2.65.